The summed E-state index contributed by atoms with van der Waals surface area (Å²) in [5, 5.41) is 0. The molecule has 0 saturated carbocycles. The van der Waals surface area contributed by atoms with Crippen LogP contribution in [0.3, 0.4) is 0 Å². The van der Waals surface area contributed by atoms with E-state index in [1.165, 1.54) is 23.7 Å². The zero-order chi connectivity index (χ0) is 14.7. The van der Waals surface area contributed by atoms with E-state index in [9.17, 15) is 0 Å². The molecule has 0 saturated heterocycles. The highest BCUT2D eigenvalue weighted by atomic mass is 28.4. The molecule has 0 aliphatic carbocycles. The van der Waals surface area contributed by atoms with Gasteiger partial charge in [-0.15, -0.1) is 0 Å². The number of hydrogen-bond acceptors (Lipinski definition) is 2. The summed E-state index contributed by atoms with van der Waals surface area (Å²) < 4.78 is 11.9. The Morgan fingerprint density at radius 1 is 0.850 bits per heavy atom. The van der Waals surface area contributed by atoms with Crippen LogP contribution in [0.5, 0.6) is 0 Å². The van der Waals surface area contributed by atoms with Crippen molar-refractivity contribution >= 4 is 8.32 Å². The quantitative estimate of drug-likeness (QED) is 0.422. The Hall–Kier alpha value is -0.643. The van der Waals surface area contributed by atoms with Gasteiger partial charge >= 0.3 is 0 Å². The molecule has 0 aliphatic rings. The van der Waals surface area contributed by atoms with Crippen molar-refractivity contribution in [2.75, 3.05) is 13.2 Å². The van der Waals surface area contributed by atoms with Crippen molar-refractivity contribution in [2.45, 2.75) is 58.4 Å². The zero-order valence-corrected chi connectivity index (χ0v) is 14.4. The highest BCUT2D eigenvalue weighted by molar-refractivity contribution is 6.73. The molecule has 114 valence electrons. The highest BCUT2D eigenvalue weighted by Gasteiger charge is 2.27. The molecule has 1 rings (SSSR count). The molecule has 0 aromatic heterocycles. The first-order chi connectivity index (χ1) is 9.76. The smallest absolute Gasteiger partial charge is 0.191 e. The third kappa shape index (κ3) is 6.20. The van der Waals surface area contributed by atoms with Crippen molar-refractivity contribution in [3.8, 4) is 0 Å². The maximum atomic E-state index is 6.23. The monoisotopic (exact) mass is 294 g/mol. The SMILES string of the molecule is CC[Si](CC)(CC)OCCCCOCc1ccccc1. The number of rotatable bonds is 11. The van der Waals surface area contributed by atoms with Gasteiger partial charge in [0.05, 0.1) is 6.61 Å². The van der Waals surface area contributed by atoms with Crippen molar-refractivity contribution in [3.63, 3.8) is 0 Å². The maximum absolute atomic E-state index is 6.23. The number of unbranched alkanes of at least 4 members (excludes halogenated alkanes) is 1. The van der Waals surface area contributed by atoms with E-state index in [0.29, 0.717) is 0 Å². The van der Waals surface area contributed by atoms with Gasteiger partial charge in [-0.05, 0) is 36.5 Å². The largest absolute Gasteiger partial charge is 0.417 e. The summed E-state index contributed by atoms with van der Waals surface area (Å²) in [7, 11) is -1.38. The van der Waals surface area contributed by atoms with Crippen LogP contribution in [0.4, 0.5) is 0 Å². The van der Waals surface area contributed by atoms with Crippen molar-refractivity contribution in [1.82, 2.24) is 0 Å². The van der Waals surface area contributed by atoms with Crippen LogP contribution in [-0.4, -0.2) is 21.5 Å². The standard InChI is InChI=1S/C17H30O2Si/c1-4-20(5-2,6-3)19-15-11-10-14-18-16-17-12-8-7-9-13-17/h7-9,12-13H,4-6,10-11,14-16H2,1-3H3. The van der Waals surface area contributed by atoms with Crippen LogP contribution in [0.2, 0.25) is 18.1 Å². The van der Waals surface area contributed by atoms with Gasteiger partial charge in [-0.2, -0.15) is 0 Å². The molecule has 0 aliphatic heterocycles. The lowest BCUT2D eigenvalue weighted by Gasteiger charge is -2.27. The van der Waals surface area contributed by atoms with Gasteiger partial charge in [-0.25, -0.2) is 0 Å². The molecule has 0 radical (unpaired) electrons. The van der Waals surface area contributed by atoms with E-state index in [1.54, 1.807) is 0 Å². The molecule has 2 nitrogen and oxygen atoms in total. The number of benzene rings is 1. The fourth-order valence-corrected chi connectivity index (χ4v) is 5.11. The van der Waals surface area contributed by atoms with Crippen LogP contribution in [0, 0.1) is 0 Å². The average molecular weight is 295 g/mol. The molecule has 0 spiro atoms. The van der Waals surface area contributed by atoms with Crippen LogP contribution in [0.25, 0.3) is 0 Å². The fraction of sp³-hybridized carbons (Fsp3) is 0.647. The van der Waals surface area contributed by atoms with Crippen LogP contribution < -0.4 is 0 Å². The van der Waals surface area contributed by atoms with Crippen molar-refractivity contribution in [3.05, 3.63) is 35.9 Å². The van der Waals surface area contributed by atoms with Crippen LogP contribution in [0.15, 0.2) is 30.3 Å². The lowest BCUT2D eigenvalue weighted by molar-refractivity contribution is 0.113. The molecule has 1 aromatic rings. The highest BCUT2D eigenvalue weighted by Crippen LogP contribution is 2.21. The summed E-state index contributed by atoms with van der Waals surface area (Å²) in [5.74, 6) is 0. The molecule has 3 heteroatoms. The summed E-state index contributed by atoms with van der Waals surface area (Å²) in [5.41, 5.74) is 1.25. The first-order valence-corrected chi connectivity index (χ1v) is 10.5. The summed E-state index contributed by atoms with van der Waals surface area (Å²) >= 11 is 0. The Balaban J connectivity index is 2.05. The van der Waals surface area contributed by atoms with Crippen LogP contribution >= 0.6 is 0 Å². The van der Waals surface area contributed by atoms with E-state index in [2.05, 4.69) is 45.0 Å². The van der Waals surface area contributed by atoms with Gasteiger partial charge in [0, 0.05) is 13.2 Å². The van der Waals surface area contributed by atoms with Gasteiger partial charge < -0.3 is 9.16 Å². The Morgan fingerprint density at radius 3 is 2.05 bits per heavy atom. The minimum atomic E-state index is -1.38. The lowest BCUT2D eigenvalue weighted by atomic mass is 10.2. The lowest BCUT2D eigenvalue weighted by Crippen LogP contribution is -2.36. The molecule has 0 amide bonds. The summed E-state index contributed by atoms with van der Waals surface area (Å²) in [4.78, 5) is 0. The second-order valence-corrected chi connectivity index (χ2v) is 10.1. The van der Waals surface area contributed by atoms with E-state index >= 15 is 0 Å². The minimum Gasteiger partial charge on any atom is -0.417 e. The van der Waals surface area contributed by atoms with E-state index in [4.69, 9.17) is 9.16 Å². The molecule has 1 aromatic carbocycles. The van der Waals surface area contributed by atoms with E-state index in [1.807, 2.05) is 6.07 Å². The normalized spacial score (nSPS) is 11.8. The topological polar surface area (TPSA) is 18.5 Å². The van der Waals surface area contributed by atoms with Crippen molar-refractivity contribution in [2.24, 2.45) is 0 Å². The van der Waals surface area contributed by atoms with E-state index in [0.717, 1.165) is 32.7 Å². The van der Waals surface area contributed by atoms with Crippen LogP contribution in [-0.2, 0) is 15.8 Å². The van der Waals surface area contributed by atoms with Gasteiger partial charge in [0.25, 0.3) is 0 Å². The molecular weight excluding hydrogens is 264 g/mol. The molecule has 0 heterocycles. The molecule has 0 unspecified atom stereocenters. The molecule has 0 atom stereocenters. The second-order valence-electron chi connectivity index (χ2n) is 5.34. The van der Waals surface area contributed by atoms with Gasteiger partial charge in [0.1, 0.15) is 0 Å². The summed E-state index contributed by atoms with van der Waals surface area (Å²) in [6, 6.07) is 14.1. The first kappa shape index (κ1) is 17.4. The van der Waals surface area contributed by atoms with Gasteiger partial charge in [-0.3, -0.25) is 0 Å². The molecular formula is C17H30O2Si. The Kier molecular flexibility index (Phi) is 8.82. The Bertz CT molecular complexity index is 328. The molecule has 0 N–H and O–H groups in total. The Morgan fingerprint density at radius 2 is 1.45 bits per heavy atom. The maximum Gasteiger partial charge on any atom is 0.191 e. The fourth-order valence-electron chi connectivity index (χ4n) is 2.42. The van der Waals surface area contributed by atoms with Gasteiger partial charge in [0.15, 0.2) is 8.32 Å². The van der Waals surface area contributed by atoms with Crippen molar-refractivity contribution in [1.29, 1.82) is 0 Å². The van der Waals surface area contributed by atoms with E-state index < -0.39 is 8.32 Å². The number of hydrogen-bond donors (Lipinski definition) is 0. The summed E-state index contributed by atoms with van der Waals surface area (Å²) in [6.45, 7) is 9.31. The van der Waals surface area contributed by atoms with Crippen LogP contribution in [0.1, 0.15) is 39.2 Å². The predicted octanol–water partition coefficient (Wildman–Crippen LogP) is 5.01. The second kappa shape index (κ2) is 10.1. The number of ether oxygens (including phenoxy) is 1. The third-order valence-electron chi connectivity index (χ3n) is 4.14. The first-order valence-electron chi connectivity index (χ1n) is 8.02. The molecule has 0 fully saturated rings. The van der Waals surface area contributed by atoms with Gasteiger partial charge in [0.2, 0.25) is 0 Å². The minimum absolute atomic E-state index is 0.721. The average Bonchev–Trinajstić information content (AvgIpc) is 2.52. The predicted molar refractivity (Wildman–Crippen MR) is 88.5 cm³/mol. The van der Waals surface area contributed by atoms with E-state index in [-0.39, 0.29) is 0 Å². The molecule has 0 bridgehead atoms. The zero-order valence-electron chi connectivity index (χ0n) is 13.4. The van der Waals surface area contributed by atoms with Crippen molar-refractivity contribution < 1.29 is 9.16 Å². The third-order valence-corrected chi connectivity index (χ3v) is 8.82. The van der Waals surface area contributed by atoms with Gasteiger partial charge in [-0.1, -0.05) is 51.1 Å². The summed E-state index contributed by atoms with van der Waals surface area (Å²) in [6.07, 6.45) is 2.21. The molecule has 20 heavy (non-hydrogen) atoms. The Labute approximate surface area is 125 Å².